The minimum atomic E-state index is -0.214. The highest BCUT2D eigenvalue weighted by Gasteiger charge is 2.08. The topological polar surface area (TPSA) is 41.1 Å². The highest BCUT2D eigenvalue weighted by molar-refractivity contribution is 7.80. The van der Waals surface area contributed by atoms with Crippen LogP contribution in [-0.2, 0) is 0 Å². The summed E-state index contributed by atoms with van der Waals surface area (Å²) in [5, 5.41) is 6.02. The number of benzene rings is 2. The third kappa shape index (κ3) is 3.65. The first-order valence-electron chi connectivity index (χ1n) is 6.31. The Morgan fingerprint density at radius 2 is 1.75 bits per heavy atom. The number of carbonyl (C=O) groups excluding carboxylic acids is 1. The molecule has 0 unspecified atom stereocenters. The second-order valence-electron chi connectivity index (χ2n) is 4.59. The van der Waals surface area contributed by atoms with Crippen molar-refractivity contribution in [3.63, 3.8) is 0 Å². The molecule has 0 spiro atoms. The number of thiocarbonyl (C=S) groups is 1. The van der Waals surface area contributed by atoms with Gasteiger partial charge in [-0.2, -0.15) is 0 Å². The Kier molecular flexibility index (Phi) is 4.48. The molecule has 0 heterocycles. The highest BCUT2D eigenvalue weighted by atomic mass is 32.1. The number of hydrogen-bond donors (Lipinski definition) is 2. The third-order valence-electron chi connectivity index (χ3n) is 2.90. The van der Waals surface area contributed by atoms with Crippen molar-refractivity contribution in [2.24, 2.45) is 0 Å². The van der Waals surface area contributed by atoms with Crippen LogP contribution in [0.1, 0.15) is 21.5 Å². The summed E-state index contributed by atoms with van der Waals surface area (Å²) in [4.78, 5) is 12.0. The van der Waals surface area contributed by atoms with Gasteiger partial charge >= 0.3 is 0 Å². The van der Waals surface area contributed by atoms with Gasteiger partial charge in [-0.25, -0.2) is 0 Å². The monoisotopic (exact) mass is 284 g/mol. The number of hydrogen-bond acceptors (Lipinski definition) is 2. The summed E-state index contributed by atoms with van der Waals surface area (Å²) in [7, 11) is 0. The van der Waals surface area contributed by atoms with Crippen molar-refractivity contribution in [3.05, 3.63) is 65.2 Å². The molecule has 0 aliphatic rings. The highest BCUT2D eigenvalue weighted by Crippen LogP contribution is 2.16. The van der Waals surface area contributed by atoms with E-state index >= 15 is 0 Å². The van der Waals surface area contributed by atoms with Gasteiger partial charge in [-0.3, -0.25) is 10.1 Å². The van der Waals surface area contributed by atoms with Crippen molar-refractivity contribution < 1.29 is 4.79 Å². The third-order valence-corrected chi connectivity index (χ3v) is 3.11. The van der Waals surface area contributed by atoms with E-state index in [4.69, 9.17) is 12.2 Å². The summed E-state index contributed by atoms with van der Waals surface area (Å²) in [6.45, 7) is 4.00. The van der Waals surface area contributed by atoms with Gasteiger partial charge in [0.15, 0.2) is 5.11 Å². The number of carbonyl (C=O) groups is 1. The molecule has 0 radical (unpaired) electrons. The predicted octanol–water partition coefficient (Wildman–Crippen LogP) is 3.43. The minimum absolute atomic E-state index is 0.214. The summed E-state index contributed by atoms with van der Waals surface area (Å²) in [6.07, 6.45) is 0. The van der Waals surface area contributed by atoms with Crippen LogP contribution >= 0.6 is 12.2 Å². The molecule has 0 atom stereocenters. The molecule has 0 bridgehead atoms. The molecule has 0 aliphatic heterocycles. The average molecular weight is 284 g/mol. The van der Waals surface area contributed by atoms with Gasteiger partial charge in [-0.15, -0.1) is 0 Å². The van der Waals surface area contributed by atoms with Crippen LogP contribution in [0.25, 0.3) is 0 Å². The molecule has 0 aromatic heterocycles. The van der Waals surface area contributed by atoms with Gasteiger partial charge < -0.3 is 5.32 Å². The SMILES string of the molecule is Cc1ccc(C)c(NC(=S)NC(=O)c2ccccc2)c1. The van der Waals surface area contributed by atoms with Crippen LogP contribution in [0.5, 0.6) is 0 Å². The first-order chi connectivity index (χ1) is 9.56. The lowest BCUT2D eigenvalue weighted by molar-refractivity contribution is 0.0977. The molecule has 3 nitrogen and oxygen atoms in total. The quantitative estimate of drug-likeness (QED) is 0.830. The number of rotatable bonds is 2. The molecule has 20 heavy (non-hydrogen) atoms. The van der Waals surface area contributed by atoms with Crippen molar-refractivity contribution in [2.45, 2.75) is 13.8 Å². The van der Waals surface area contributed by atoms with Crippen LogP contribution in [0.3, 0.4) is 0 Å². The van der Waals surface area contributed by atoms with Gasteiger partial charge in [-0.1, -0.05) is 30.3 Å². The normalized spacial score (nSPS) is 9.90. The average Bonchev–Trinajstić information content (AvgIpc) is 2.43. The van der Waals surface area contributed by atoms with Crippen LogP contribution in [0.15, 0.2) is 48.5 Å². The maximum atomic E-state index is 12.0. The van der Waals surface area contributed by atoms with Crippen molar-refractivity contribution in [1.82, 2.24) is 5.32 Å². The van der Waals surface area contributed by atoms with Gasteiger partial charge in [0.05, 0.1) is 0 Å². The standard InChI is InChI=1S/C16H16N2OS/c1-11-8-9-12(2)14(10-11)17-16(20)18-15(19)13-6-4-3-5-7-13/h3-10H,1-2H3,(H2,17,18,19,20). The molecule has 0 fully saturated rings. The molecule has 2 aromatic carbocycles. The number of amides is 1. The second-order valence-corrected chi connectivity index (χ2v) is 5.00. The molecular weight excluding hydrogens is 268 g/mol. The van der Waals surface area contributed by atoms with Crippen molar-refractivity contribution in [2.75, 3.05) is 5.32 Å². The van der Waals surface area contributed by atoms with E-state index in [0.29, 0.717) is 10.7 Å². The fourth-order valence-corrected chi connectivity index (χ4v) is 1.99. The Morgan fingerprint density at radius 3 is 2.45 bits per heavy atom. The van der Waals surface area contributed by atoms with Gasteiger partial charge in [0.2, 0.25) is 0 Å². The summed E-state index contributed by atoms with van der Waals surface area (Å²) in [5.41, 5.74) is 3.70. The van der Waals surface area contributed by atoms with E-state index in [1.165, 1.54) is 0 Å². The number of anilines is 1. The summed E-state index contributed by atoms with van der Waals surface area (Å²) < 4.78 is 0. The lowest BCUT2D eigenvalue weighted by Gasteiger charge is -2.12. The summed E-state index contributed by atoms with van der Waals surface area (Å²) in [5.74, 6) is -0.214. The van der Waals surface area contributed by atoms with Gasteiger partial charge in [0.25, 0.3) is 5.91 Å². The second kappa shape index (κ2) is 6.30. The molecule has 0 saturated carbocycles. The first-order valence-corrected chi connectivity index (χ1v) is 6.72. The van der Waals surface area contributed by atoms with Crippen LogP contribution in [-0.4, -0.2) is 11.0 Å². The Labute approximate surface area is 124 Å². The van der Waals surface area contributed by atoms with Crippen LogP contribution in [0.2, 0.25) is 0 Å². The number of aryl methyl sites for hydroxylation is 2. The fraction of sp³-hybridized carbons (Fsp3) is 0.125. The van der Waals surface area contributed by atoms with Gasteiger partial charge in [0.1, 0.15) is 0 Å². The predicted molar refractivity (Wildman–Crippen MR) is 86.0 cm³/mol. The molecule has 0 saturated heterocycles. The summed E-state index contributed by atoms with van der Waals surface area (Å²) in [6, 6.07) is 15.0. The molecule has 102 valence electrons. The van der Waals surface area contributed by atoms with E-state index in [0.717, 1.165) is 16.8 Å². The zero-order chi connectivity index (χ0) is 14.5. The van der Waals surface area contributed by atoms with E-state index in [9.17, 15) is 4.79 Å². The summed E-state index contributed by atoms with van der Waals surface area (Å²) >= 11 is 5.17. The fourth-order valence-electron chi connectivity index (χ4n) is 1.79. The lowest BCUT2D eigenvalue weighted by Crippen LogP contribution is -2.34. The molecule has 2 aromatic rings. The van der Waals surface area contributed by atoms with E-state index in [-0.39, 0.29) is 5.91 Å². The van der Waals surface area contributed by atoms with Crippen molar-refractivity contribution >= 4 is 28.9 Å². The van der Waals surface area contributed by atoms with Crippen molar-refractivity contribution in [3.8, 4) is 0 Å². The largest absolute Gasteiger partial charge is 0.332 e. The molecule has 0 aliphatic carbocycles. The Morgan fingerprint density at radius 1 is 1.05 bits per heavy atom. The molecule has 4 heteroatoms. The minimum Gasteiger partial charge on any atom is -0.332 e. The maximum Gasteiger partial charge on any atom is 0.257 e. The zero-order valence-electron chi connectivity index (χ0n) is 11.4. The molecule has 2 N–H and O–H groups in total. The molecule has 2 rings (SSSR count). The Bertz CT molecular complexity index is 638. The van der Waals surface area contributed by atoms with Crippen LogP contribution < -0.4 is 10.6 Å². The van der Waals surface area contributed by atoms with Crippen LogP contribution in [0, 0.1) is 13.8 Å². The molecular formula is C16H16N2OS. The van der Waals surface area contributed by atoms with Crippen molar-refractivity contribution in [1.29, 1.82) is 0 Å². The van der Waals surface area contributed by atoms with Crippen LogP contribution in [0.4, 0.5) is 5.69 Å². The Hall–Kier alpha value is -2.20. The smallest absolute Gasteiger partial charge is 0.257 e. The lowest BCUT2D eigenvalue weighted by atomic mass is 10.1. The first kappa shape index (κ1) is 14.2. The van der Waals surface area contributed by atoms with E-state index in [2.05, 4.69) is 10.6 Å². The maximum absolute atomic E-state index is 12.0. The van der Waals surface area contributed by atoms with Gasteiger partial charge in [-0.05, 0) is 55.4 Å². The van der Waals surface area contributed by atoms with E-state index in [1.54, 1.807) is 12.1 Å². The van der Waals surface area contributed by atoms with Gasteiger partial charge in [0, 0.05) is 11.3 Å². The van der Waals surface area contributed by atoms with E-state index in [1.807, 2.05) is 50.2 Å². The number of nitrogens with one attached hydrogen (secondary N) is 2. The van der Waals surface area contributed by atoms with E-state index < -0.39 is 0 Å². The zero-order valence-corrected chi connectivity index (χ0v) is 12.3. The molecule has 1 amide bonds. The Balaban J connectivity index is 2.03.